The SMILES string of the molecule is CC(C)[C@@H]1CC[C@@H](C)[C@@]2(CC(OC(=O)CCn3cccc3)CC(C)(C)N2[O])C1. The molecule has 1 unspecified atom stereocenters. The number of hydrogen-bond acceptors (Lipinski definition) is 3. The van der Waals surface area contributed by atoms with Gasteiger partial charge in [0, 0.05) is 37.3 Å². The molecule has 3 rings (SSSR count). The van der Waals surface area contributed by atoms with Crippen LogP contribution in [0, 0.1) is 17.8 Å². The van der Waals surface area contributed by atoms with Crippen LogP contribution in [0.25, 0.3) is 0 Å². The molecule has 4 atom stereocenters. The molecule has 0 bridgehead atoms. The molecule has 28 heavy (non-hydrogen) atoms. The molecule has 1 aromatic rings. The smallest absolute Gasteiger partial charge is 0.307 e. The fourth-order valence-electron chi connectivity index (χ4n) is 5.49. The van der Waals surface area contributed by atoms with E-state index in [0.717, 1.165) is 12.8 Å². The van der Waals surface area contributed by atoms with Crippen LogP contribution in [0.4, 0.5) is 0 Å². The van der Waals surface area contributed by atoms with Gasteiger partial charge in [-0.1, -0.05) is 20.8 Å². The molecular weight excluding hydrogens is 352 g/mol. The molecule has 1 radical (unpaired) electrons. The Kier molecular flexibility index (Phi) is 6.26. The van der Waals surface area contributed by atoms with Gasteiger partial charge in [0.15, 0.2) is 0 Å². The Labute approximate surface area is 170 Å². The van der Waals surface area contributed by atoms with Crippen molar-refractivity contribution in [3.8, 4) is 0 Å². The van der Waals surface area contributed by atoms with Crippen LogP contribution in [-0.4, -0.2) is 32.8 Å². The van der Waals surface area contributed by atoms with Gasteiger partial charge in [-0.05, 0) is 63.0 Å². The summed E-state index contributed by atoms with van der Waals surface area (Å²) in [6.45, 7) is 11.4. The van der Waals surface area contributed by atoms with E-state index in [4.69, 9.17) is 4.74 Å². The molecule has 1 aliphatic heterocycles. The largest absolute Gasteiger partial charge is 0.462 e. The van der Waals surface area contributed by atoms with Crippen molar-refractivity contribution in [3.63, 3.8) is 0 Å². The summed E-state index contributed by atoms with van der Waals surface area (Å²) < 4.78 is 7.92. The number of aryl methyl sites for hydroxylation is 1. The van der Waals surface area contributed by atoms with Crippen LogP contribution in [0.15, 0.2) is 24.5 Å². The van der Waals surface area contributed by atoms with Crippen molar-refractivity contribution in [2.75, 3.05) is 0 Å². The van der Waals surface area contributed by atoms with E-state index in [9.17, 15) is 10.0 Å². The van der Waals surface area contributed by atoms with Crippen molar-refractivity contribution < 1.29 is 14.7 Å². The van der Waals surface area contributed by atoms with E-state index >= 15 is 0 Å². The average molecular weight is 390 g/mol. The molecule has 1 aromatic heterocycles. The predicted molar refractivity (Wildman–Crippen MR) is 109 cm³/mol. The molecule has 1 spiro atoms. The van der Waals surface area contributed by atoms with Gasteiger partial charge < -0.3 is 9.30 Å². The zero-order valence-electron chi connectivity index (χ0n) is 18.2. The summed E-state index contributed by atoms with van der Waals surface area (Å²) in [7, 11) is 0. The van der Waals surface area contributed by atoms with Gasteiger partial charge in [-0.15, -0.1) is 10.3 Å². The number of rotatable bonds is 5. The number of esters is 1. The number of nitrogens with zero attached hydrogens (tertiary/aromatic N) is 2. The second-order valence-electron chi connectivity index (χ2n) is 10.1. The third-order valence-corrected chi connectivity index (χ3v) is 7.25. The van der Waals surface area contributed by atoms with Crippen molar-refractivity contribution in [2.45, 2.75) is 96.9 Å². The van der Waals surface area contributed by atoms with Crippen LogP contribution in [0.1, 0.15) is 73.1 Å². The number of hydrogen-bond donors (Lipinski definition) is 0. The van der Waals surface area contributed by atoms with Gasteiger partial charge in [-0.2, -0.15) is 0 Å². The summed E-state index contributed by atoms with van der Waals surface area (Å²) in [4.78, 5) is 12.5. The maximum atomic E-state index is 13.5. The Morgan fingerprint density at radius 3 is 2.46 bits per heavy atom. The number of carbonyl (C=O) groups excluding carboxylic acids is 1. The first-order valence-electron chi connectivity index (χ1n) is 10.9. The first kappa shape index (κ1) is 21.4. The summed E-state index contributed by atoms with van der Waals surface area (Å²) >= 11 is 0. The Hall–Kier alpha value is -1.33. The second kappa shape index (κ2) is 8.19. The molecule has 5 heteroatoms. The van der Waals surface area contributed by atoms with Gasteiger partial charge >= 0.3 is 5.97 Å². The van der Waals surface area contributed by atoms with E-state index in [0.29, 0.717) is 43.6 Å². The van der Waals surface area contributed by atoms with E-state index in [1.165, 1.54) is 11.5 Å². The Bertz CT molecular complexity index is 655. The first-order valence-corrected chi connectivity index (χ1v) is 10.9. The molecule has 5 nitrogen and oxygen atoms in total. The number of aromatic nitrogens is 1. The average Bonchev–Trinajstić information content (AvgIpc) is 3.13. The van der Waals surface area contributed by atoms with E-state index in [2.05, 4.69) is 20.8 Å². The molecule has 2 heterocycles. The summed E-state index contributed by atoms with van der Waals surface area (Å²) in [5.41, 5.74) is -0.933. The van der Waals surface area contributed by atoms with E-state index < -0.39 is 11.1 Å². The Morgan fingerprint density at radius 1 is 1.14 bits per heavy atom. The van der Waals surface area contributed by atoms with Crippen molar-refractivity contribution in [3.05, 3.63) is 24.5 Å². The number of carbonyl (C=O) groups is 1. The van der Waals surface area contributed by atoms with Crippen molar-refractivity contribution in [2.24, 2.45) is 17.8 Å². The van der Waals surface area contributed by atoms with Crippen LogP contribution < -0.4 is 0 Å². The van der Waals surface area contributed by atoms with Crippen LogP contribution in [0.2, 0.25) is 0 Å². The summed E-state index contributed by atoms with van der Waals surface area (Å²) in [5, 5.41) is 14.9. The molecule has 0 N–H and O–H groups in total. The number of ether oxygens (including phenoxy) is 1. The molecule has 0 amide bonds. The van der Waals surface area contributed by atoms with Crippen LogP contribution in [0.3, 0.4) is 0 Å². The molecule has 2 aliphatic rings. The zero-order valence-corrected chi connectivity index (χ0v) is 18.2. The first-order chi connectivity index (χ1) is 13.1. The summed E-state index contributed by atoms with van der Waals surface area (Å²) in [6.07, 6.45) is 8.55. The highest BCUT2D eigenvalue weighted by Gasteiger charge is 2.57. The lowest BCUT2D eigenvalue weighted by molar-refractivity contribution is -0.328. The van der Waals surface area contributed by atoms with Crippen molar-refractivity contribution in [1.82, 2.24) is 9.63 Å². The molecule has 1 saturated carbocycles. The van der Waals surface area contributed by atoms with Gasteiger partial charge in [-0.25, -0.2) is 0 Å². The topological polar surface area (TPSA) is 54.4 Å². The predicted octanol–water partition coefficient (Wildman–Crippen LogP) is 4.84. The van der Waals surface area contributed by atoms with Gasteiger partial charge in [0.05, 0.1) is 12.0 Å². The fraction of sp³-hybridized carbons (Fsp3) is 0.783. The highest BCUT2D eigenvalue weighted by Crippen LogP contribution is 2.51. The van der Waals surface area contributed by atoms with Gasteiger partial charge in [-0.3, -0.25) is 4.79 Å². The molecule has 1 saturated heterocycles. The van der Waals surface area contributed by atoms with Crippen LogP contribution in [-0.2, 0) is 21.3 Å². The van der Waals surface area contributed by atoms with Crippen LogP contribution >= 0.6 is 0 Å². The zero-order chi connectivity index (χ0) is 20.5. The number of piperidine rings is 1. The maximum absolute atomic E-state index is 13.5. The summed E-state index contributed by atoms with van der Waals surface area (Å²) in [6, 6.07) is 3.91. The van der Waals surface area contributed by atoms with E-state index in [1.807, 2.05) is 42.9 Å². The lowest BCUT2D eigenvalue weighted by Crippen LogP contribution is -2.67. The fourth-order valence-corrected chi connectivity index (χ4v) is 5.49. The monoisotopic (exact) mass is 389 g/mol. The van der Waals surface area contributed by atoms with E-state index in [-0.39, 0.29) is 12.1 Å². The minimum Gasteiger partial charge on any atom is -0.462 e. The number of hydroxylamine groups is 2. The van der Waals surface area contributed by atoms with Crippen molar-refractivity contribution in [1.29, 1.82) is 0 Å². The molecule has 2 fully saturated rings. The molecule has 157 valence electrons. The normalized spacial score (nSPS) is 33.3. The molecular formula is C23H37N2O3. The maximum Gasteiger partial charge on any atom is 0.307 e. The van der Waals surface area contributed by atoms with Gasteiger partial charge in [0.25, 0.3) is 0 Å². The van der Waals surface area contributed by atoms with E-state index in [1.54, 1.807) is 0 Å². The third-order valence-electron chi connectivity index (χ3n) is 7.25. The standard InChI is InChI=1S/C23H37N2O3/c1-17(2)19-9-8-18(3)23(14-19)16-20(15-22(4,5)25(23)27)28-21(26)10-13-24-11-6-7-12-24/h6-7,11-12,17-20H,8-10,13-16H2,1-5H3/t18-,19-,20?,23+/m1/s1. The second-order valence-corrected chi connectivity index (χ2v) is 10.1. The minimum atomic E-state index is -0.517. The Balaban J connectivity index is 1.72. The summed E-state index contributed by atoms with van der Waals surface area (Å²) in [5.74, 6) is 1.30. The third kappa shape index (κ3) is 4.30. The molecule has 1 aliphatic carbocycles. The lowest BCUT2D eigenvalue weighted by atomic mass is 9.61. The highest BCUT2D eigenvalue weighted by molar-refractivity contribution is 5.69. The van der Waals surface area contributed by atoms with Gasteiger partial charge in [0.1, 0.15) is 6.10 Å². The lowest BCUT2D eigenvalue weighted by Gasteiger charge is -2.58. The van der Waals surface area contributed by atoms with Crippen LogP contribution in [0.5, 0.6) is 0 Å². The highest BCUT2D eigenvalue weighted by atomic mass is 16.5. The quantitative estimate of drug-likeness (QED) is 0.677. The van der Waals surface area contributed by atoms with Gasteiger partial charge in [0.2, 0.25) is 0 Å². The molecule has 0 aromatic carbocycles. The van der Waals surface area contributed by atoms with Crippen molar-refractivity contribution >= 4 is 5.97 Å². The minimum absolute atomic E-state index is 0.159. The Morgan fingerprint density at radius 2 is 1.82 bits per heavy atom.